The Balaban J connectivity index is 4.14. The molecule has 0 rings (SSSR count). The fourth-order valence-corrected chi connectivity index (χ4v) is 3.32. The zero-order chi connectivity index (χ0) is 22.3. The summed E-state index contributed by atoms with van der Waals surface area (Å²) >= 11 is 0. The van der Waals surface area contributed by atoms with Gasteiger partial charge in [0.25, 0.3) is 0 Å². The van der Waals surface area contributed by atoms with Crippen LogP contribution < -0.4 is 10.6 Å². The van der Waals surface area contributed by atoms with Crippen molar-refractivity contribution in [1.82, 2.24) is 10.6 Å². The largest absolute Gasteiger partial charge is 0.397 e. The van der Waals surface area contributed by atoms with Crippen LogP contribution >= 0.6 is 0 Å². The quantitative estimate of drug-likeness (QED) is 0.237. The molecule has 0 aromatic carbocycles. The molecule has 9 heteroatoms. The van der Waals surface area contributed by atoms with E-state index in [9.17, 15) is 18.0 Å². The molecular weight excluding hydrogens is 396 g/mol. The van der Waals surface area contributed by atoms with Crippen LogP contribution in [0.4, 0.5) is 0 Å². The number of carbonyl (C=O) groups is 2. The topological polar surface area (TPSA) is 122 Å². The third kappa shape index (κ3) is 16.3. The molecule has 0 aliphatic heterocycles. The Labute approximate surface area is 176 Å². The molecule has 8 nitrogen and oxygen atoms in total. The molecule has 0 aliphatic rings. The van der Waals surface area contributed by atoms with Crippen LogP contribution in [-0.4, -0.2) is 43.5 Å². The van der Waals surface area contributed by atoms with Crippen LogP contribution in [-0.2, 0) is 24.2 Å². The Kier molecular flexibility index (Phi) is 15.0. The monoisotopic (exact) mass is 436 g/mol. The number of rotatable bonds is 17. The smallest absolute Gasteiger partial charge is 0.349 e. The summed E-state index contributed by atoms with van der Waals surface area (Å²) in [4.78, 5) is 24.6. The van der Waals surface area contributed by atoms with E-state index in [1.165, 1.54) is 38.5 Å². The first kappa shape index (κ1) is 27.8. The van der Waals surface area contributed by atoms with E-state index < -0.39 is 28.4 Å². The molecule has 0 bridgehead atoms. The van der Waals surface area contributed by atoms with Crippen LogP contribution in [0.2, 0.25) is 0 Å². The first-order valence-electron chi connectivity index (χ1n) is 10.8. The maximum Gasteiger partial charge on any atom is 0.397 e. The van der Waals surface area contributed by atoms with Crippen molar-refractivity contribution in [2.75, 3.05) is 6.61 Å². The van der Waals surface area contributed by atoms with E-state index in [1.54, 1.807) is 6.92 Å². The van der Waals surface area contributed by atoms with Crippen LogP contribution in [0.25, 0.3) is 0 Å². The fraction of sp³-hybridized carbons (Fsp3) is 0.900. The van der Waals surface area contributed by atoms with E-state index in [0.29, 0.717) is 6.42 Å². The van der Waals surface area contributed by atoms with E-state index >= 15 is 0 Å². The van der Waals surface area contributed by atoms with Gasteiger partial charge in [-0.3, -0.25) is 14.1 Å². The molecule has 1 unspecified atom stereocenters. The van der Waals surface area contributed by atoms with Gasteiger partial charge in [-0.2, -0.15) is 8.42 Å². The summed E-state index contributed by atoms with van der Waals surface area (Å²) in [5.74, 6) is -0.702. The van der Waals surface area contributed by atoms with Gasteiger partial charge in [-0.15, -0.1) is 0 Å². The molecule has 0 aromatic rings. The normalized spacial score (nSPS) is 13.9. The lowest BCUT2D eigenvalue weighted by Crippen LogP contribution is -2.52. The van der Waals surface area contributed by atoms with Crippen molar-refractivity contribution in [3.8, 4) is 0 Å². The highest BCUT2D eigenvalue weighted by Crippen LogP contribution is 2.11. The third-order valence-electron chi connectivity index (χ3n) is 4.63. The summed E-state index contributed by atoms with van der Waals surface area (Å²) in [5, 5.41) is 5.35. The van der Waals surface area contributed by atoms with Gasteiger partial charge < -0.3 is 10.6 Å². The molecule has 0 fully saturated rings. The van der Waals surface area contributed by atoms with Gasteiger partial charge in [-0.05, 0) is 19.3 Å². The molecule has 172 valence electrons. The molecule has 3 N–H and O–H groups in total. The molecule has 0 radical (unpaired) electrons. The average Bonchev–Trinajstić information content (AvgIpc) is 2.62. The average molecular weight is 437 g/mol. The van der Waals surface area contributed by atoms with Gasteiger partial charge in [0, 0.05) is 6.42 Å². The molecule has 2 amide bonds. The first-order chi connectivity index (χ1) is 13.6. The third-order valence-corrected chi connectivity index (χ3v) is 5.06. The van der Waals surface area contributed by atoms with Crippen molar-refractivity contribution < 1.29 is 26.7 Å². The van der Waals surface area contributed by atoms with Gasteiger partial charge in [-0.1, -0.05) is 72.1 Å². The van der Waals surface area contributed by atoms with Gasteiger partial charge >= 0.3 is 10.4 Å². The molecule has 0 saturated heterocycles. The molecule has 0 aromatic heterocycles. The Morgan fingerprint density at radius 2 is 1.41 bits per heavy atom. The summed E-state index contributed by atoms with van der Waals surface area (Å²) in [6, 6.07) is -1.35. The molecule has 0 spiro atoms. The first-order valence-corrected chi connectivity index (χ1v) is 12.1. The van der Waals surface area contributed by atoms with Crippen molar-refractivity contribution in [2.45, 2.75) is 104 Å². The highest BCUT2D eigenvalue weighted by Gasteiger charge is 2.25. The van der Waals surface area contributed by atoms with Crippen molar-refractivity contribution in [1.29, 1.82) is 0 Å². The summed E-state index contributed by atoms with van der Waals surface area (Å²) < 4.78 is 34.0. The number of hydrogen-bond donors (Lipinski definition) is 3. The van der Waals surface area contributed by atoms with Crippen LogP contribution in [0.1, 0.15) is 91.9 Å². The minimum atomic E-state index is -4.55. The summed E-state index contributed by atoms with van der Waals surface area (Å²) in [7, 11) is -4.55. The fourth-order valence-electron chi connectivity index (χ4n) is 2.94. The minimum Gasteiger partial charge on any atom is -0.349 e. The highest BCUT2D eigenvalue weighted by atomic mass is 32.3. The van der Waals surface area contributed by atoms with Gasteiger partial charge in [0.1, 0.15) is 6.04 Å². The minimum absolute atomic E-state index is 0.128. The maximum absolute atomic E-state index is 12.4. The SMILES string of the molecule is CCCCCCCCCCCC(=O)N[C@H](C(=O)NC(C)COS(=O)(=O)O)C(C)C. The second-order valence-electron chi connectivity index (χ2n) is 7.99. The lowest BCUT2D eigenvalue weighted by Gasteiger charge is -2.23. The van der Waals surface area contributed by atoms with E-state index in [1.807, 2.05) is 13.8 Å². The van der Waals surface area contributed by atoms with E-state index in [0.717, 1.165) is 19.3 Å². The van der Waals surface area contributed by atoms with Crippen LogP contribution in [0.3, 0.4) is 0 Å². The van der Waals surface area contributed by atoms with Gasteiger partial charge in [0.05, 0.1) is 12.6 Å². The van der Waals surface area contributed by atoms with Crippen molar-refractivity contribution in [2.24, 2.45) is 5.92 Å². The van der Waals surface area contributed by atoms with Gasteiger partial charge in [-0.25, -0.2) is 4.18 Å². The summed E-state index contributed by atoms with van der Waals surface area (Å²) in [6.07, 6.45) is 10.9. The number of hydrogen-bond acceptors (Lipinski definition) is 5. The molecule has 0 saturated carbocycles. The standard InChI is InChI=1S/C20H40N2O6S/c1-5-6-7-8-9-10-11-12-13-14-18(23)22-19(16(2)3)20(24)21-17(4)15-28-29(25,26)27/h16-17,19H,5-15H2,1-4H3,(H,21,24)(H,22,23)(H,25,26,27)/t17?,19-/m0/s1. The van der Waals surface area contributed by atoms with Gasteiger partial charge in [0.2, 0.25) is 11.8 Å². The second kappa shape index (κ2) is 15.6. The molecule has 0 heterocycles. The Hall–Kier alpha value is -1.19. The van der Waals surface area contributed by atoms with Crippen LogP contribution in [0, 0.1) is 5.92 Å². The predicted molar refractivity (Wildman–Crippen MR) is 114 cm³/mol. The Morgan fingerprint density at radius 3 is 1.90 bits per heavy atom. The zero-order valence-electron chi connectivity index (χ0n) is 18.4. The summed E-state index contributed by atoms with van der Waals surface area (Å²) in [6.45, 7) is 7.01. The predicted octanol–water partition coefficient (Wildman–Crippen LogP) is 3.37. The second-order valence-corrected chi connectivity index (χ2v) is 9.08. The van der Waals surface area contributed by atoms with E-state index in [4.69, 9.17) is 4.55 Å². The maximum atomic E-state index is 12.4. The Morgan fingerprint density at radius 1 is 0.897 bits per heavy atom. The number of nitrogens with one attached hydrogen (secondary N) is 2. The lowest BCUT2D eigenvalue weighted by atomic mass is 10.0. The van der Waals surface area contributed by atoms with E-state index in [2.05, 4.69) is 21.7 Å². The molecule has 2 atom stereocenters. The van der Waals surface area contributed by atoms with Crippen molar-refractivity contribution in [3.05, 3.63) is 0 Å². The van der Waals surface area contributed by atoms with Crippen LogP contribution in [0.5, 0.6) is 0 Å². The Bertz CT molecular complexity index is 565. The van der Waals surface area contributed by atoms with Gasteiger partial charge in [0.15, 0.2) is 0 Å². The number of carbonyl (C=O) groups excluding carboxylic acids is 2. The van der Waals surface area contributed by atoms with Crippen molar-refractivity contribution >= 4 is 22.2 Å². The number of unbranched alkanes of at least 4 members (excludes halogenated alkanes) is 8. The highest BCUT2D eigenvalue weighted by molar-refractivity contribution is 7.80. The lowest BCUT2D eigenvalue weighted by molar-refractivity contribution is -0.130. The summed E-state index contributed by atoms with van der Waals surface area (Å²) in [5.41, 5.74) is 0. The molecule has 29 heavy (non-hydrogen) atoms. The molecule has 0 aliphatic carbocycles. The molecular formula is C20H40N2O6S. The number of amides is 2. The zero-order valence-corrected chi connectivity index (χ0v) is 19.2. The van der Waals surface area contributed by atoms with Crippen molar-refractivity contribution in [3.63, 3.8) is 0 Å². The van der Waals surface area contributed by atoms with E-state index in [-0.39, 0.29) is 18.4 Å². The van der Waals surface area contributed by atoms with Crippen LogP contribution in [0.15, 0.2) is 0 Å².